The zero-order valence-electron chi connectivity index (χ0n) is 12.7. The van der Waals surface area contributed by atoms with E-state index in [-0.39, 0.29) is 17.4 Å². The molecule has 0 aromatic heterocycles. The van der Waals surface area contributed by atoms with E-state index in [4.69, 9.17) is 0 Å². The first-order valence-electron chi connectivity index (χ1n) is 7.09. The van der Waals surface area contributed by atoms with Crippen molar-refractivity contribution < 1.29 is 18.3 Å². The summed E-state index contributed by atoms with van der Waals surface area (Å²) >= 11 is 0. The van der Waals surface area contributed by atoms with Gasteiger partial charge in [0, 0.05) is 12.6 Å². The fraction of sp³-hybridized carbons (Fsp3) is 0.118. The van der Waals surface area contributed by atoms with Crippen LogP contribution in [0.15, 0.2) is 58.7 Å². The summed E-state index contributed by atoms with van der Waals surface area (Å²) in [5, 5.41) is 7.93. The van der Waals surface area contributed by atoms with E-state index in [1.54, 1.807) is 19.2 Å². The molecule has 24 heavy (non-hydrogen) atoms. The zero-order valence-corrected chi connectivity index (χ0v) is 12.7. The Morgan fingerprint density at radius 3 is 2.54 bits per heavy atom. The van der Waals surface area contributed by atoms with Gasteiger partial charge in [-0.2, -0.15) is 13.9 Å². The summed E-state index contributed by atoms with van der Waals surface area (Å²) in [5.41, 5.74) is 2.42. The minimum atomic E-state index is -2.86. The molecule has 7 heteroatoms. The normalized spacial score (nSPS) is 15.6. The number of halogens is 2. The monoisotopic (exact) mass is 329 g/mol. The van der Waals surface area contributed by atoms with Crippen LogP contribution in [0.5, 0.6) is 5.75 Å². The molecule has 0 saturated heterocycles. The molecule has 0 aliphatic carbocycles. The fourth-order valence-corrected chi connectivity index (χ4v) is 2.34. The molecular weight excluding hydrogens is 316 g/mol. The van der Waals surface area contributed by atoms with Gasteiger partial charge >= 0.3 is 6.61 Å². The number of amides is 1. The minimum absolute atomic E-state index is 0.0648. The summed E-state index contributed by atoms with van der Waals surface area (Å²) < 4.78 is 28.4. The van der Waals surface area contributed by atoms with Crippen molar-refractivity contribution in [2.75, 3.05) is 11.9 Å². The molecule has 2 aromatic carbocycles. The fourth-order valence-electron chi connectivity index (χ4n) is 2.34. The van der Waals surface area contributed by atoms with Gasteiger partial charge < -0.3 is 9.64 Å². The van der Waals surface area contributed by atoms with E-state index in [2.05, 4.69) is 14.9 Å². The lowest BCUT2D eigenvalue weighted by atomic mass is 10.1. The lowest BCUT2D eigenvalue weighted by Gasteiger charge is -2.07. The van der Waals surface area contributed by atoms with Crippen molar-refractivity contribution in [1.29, 1.82) is 0 Å². The quantitative estimate of drug-likeness (QED) is 0.639. The van der Waals surface area contributed by atoms with Crippen LogP contribution in [0.2, 0.25) is 0 Å². The Hall–Kier alpha value is -3.09. The van der Waals surface area contributed by atoms with E-state index in [0.717, 1.165) is 11.3 Å². The van der Waals surface area contributed by atoms with Crippen molar-refractivity contribution in [2.45, 2.75) is 6.61 Å². The lowest BCUT2D eigenvalue weighted by molar-refractivity contribution is -0.111. The Labute approximate surface area is 136 Å². The van der Waals surface area contributed by atoms with Gasteiger partial charge in [0.1, 0.15) is 5.75 Å². The number of para-hydroxylation sites is 1. The molecule has 0 fully saturated rings. The number of hydrogen-bond acceptors (Lipinski definition) is 4. The van der Waals surface area contributed by atoms with Gasteiger partial charge in [-0.3, -0.25) is 4.79 Å². The third-order valence-electron chi connectivity index (χ3n) is 3.50. The van der Waals surface area contributed by atoms with E-state index in [1.807, 2.05) is 24.3 Å². The molecule has 0 radical (unpaired) electrons. The summed E-state index contributed by atoms with van der Waals surface area (Å²) in [6.07, 6.45) is 1.44. The highest BCUT2D eigenvalue weighted by Crippen LogP contribution is 2.27. The number of hydrogen-bond donors (Lipinski definition) is 0. The van der Waals surface area contributed by atoms with Crippen molar-refractivity contribution in [3.05, 3.63) is 59.7 Å². The highest BCUT2D eigenvalue weighted by Gasteiger charge is 2.30. The zero-order chi connectivity index (χ0) is 17.1. The summed E-state index contributed by atoms with van der Waals surface area (Å²) in [7, 11) is 1.68. The van der Waals surface area contributed by atoms with Crippen molar-refractivity contribution in [2.24, 2.45) is 10.2 Å². The lowest BCUT2D eigenvalue weighted by Crippen LogP contribution is -2.25. The van der Waals surface area contributed by atoms with Gasteiger partial charge in [-0.15, -0.1) is 5.10 Å². The maximum atomic E-state index is 12.2. The maximum Gasteiger partial charge on any atom is 0.387 e. The van der Waals surface area contributed by atoms with E-state index >= 15 is 0 Å². The van der Waals surface area contributed by atoms with Crippen molar-refractivity contribution in [1.82, 2.24) is 0 Å². The van der Waals surface area contributed by atoms with Crippen molar-refractivity contribution in [3.8, 4) is 5.75 Å². The first-order chi connectivity index (χ1) is 11.6. The third kappa shape index (κ3) is 3.15. The number of carbonyl (C=O) groups is 1. The molecule has 0 spiro atoms. The van der Waals surface area contributed by atoms with E-state index < -0.39 is 6.61 Å². The molecule has 1 amide bonds. The molecule has 3 rings (SSSR count). The second-order valence-corrected chi connectivity index (χ2v) is 5.02. The number of fused-ring (bicyclic) bond motifs is 1. The molecule has 2 aromatic rings. The van der Waals surface area contributed by atoms with Crippen LogP contribution in [-0.2, 0) is 4.79 Å². The van der Waals surface area contributed by atoms with Crippen molar-refractivity contribution in [3.63, 3.8) is 0 Å². The number of alkyl halides is 2. The number of benzene rings is 2. The highest BCUT2D eigenvalue weighted by molar-refractivity contribution is 6.54. The van der Waals surface area contributed by atoms with Crippen LogP contribution in [-0.4, -0.2) is 31.5 Å². The first-order valence-corrected chi connectivity index (χ1v) is 7.09. The van der Waals surface area contributed by atoms with Gasteiger partial charge in [0.05, 0.1) is 11.9 Å². The molecule has 0 unspecified atom stereocenters. The highest BCUT2D eigenvalue weighted by atomic mass is 19.3. The largest absolute Gasteiger partial charge is 0.435 e. The van der Waals surface area contributed by atoms with Crippen LogP contribution in [0, 0.1) is 0 Å². The molecule has 0 saturated carbocycles. The summed E-state index contributed by atoms with van der Waals surface area (Å²) in [6.45, 7) is -2.86. The third-order valence-corrected chi connectivity index (χ3v) is 3.50. The summed E-state index contributed by atoms with van der Waals surface area (Å²) in [6, 6.07) is 13.3. The topological polar surface area (TPSA) is 54.3 Å². The Bertz CT molecular complexity index is 817. The number of ether oxygens (including phenoxy) is 1. The van der Waals surface area contributed by atoms with Gasteiger partial charge in [-0.1, -0.05) is 18.2 Å². The molecule has 122 valence electrons. The first kappa shape index (κ1) is 15.8. The van der Waals surface area contributed by atoms with Crippen LogP contribution in [0.25, 0.3) is 0 Å². The average Bonchev–Trinajstić information content (AvgIpc) is 2.81. The Kier molecular flexibility index (Phi) is 4.33. The molecular formula is C17H13F2N3O2. The Morgan fingerprint density at radius 2 is 1.83 bits per heavy atom. The number of carbonyl (C=O) groups excluding carboxylic acids is 1. The molecule has 1 aliphatic rings. The van der Waals surface area contributed by atoms with Gasteiger partial charge in [0.25, 0.3) is 5.91 Å². The van der Waals surface area contributed by atoms with Crippen LogP contribution in [0.3, 0.4) is 0 Å². The SMILES string of the molecule is CN1C(=O)/C(=N/N=C\c2ccc(OC(F)F)cc2)c2ccccc21. The minimum Gasteiger partial charge on any atom is -0.435 e. The van der Waals surface area contributed by atoms with Gasteiger partial charge in [0.15, 0.2) is 5.71 Å². The molecule has 1 aliphatic heterocycles. The summed E-state index contributed by atoms with van der Waals surface area (Å²) in [4.78, 5) is 13.7. The number of anilines is 1. The molecule has 0 atom stereocenters. The Morgan fingerprint density at radius 1 is 1.12 bits per heavy atom. The van der Waals surface area contributed by atoms with E-state index in [1.165, 1.54) is 23.2 Å². The smallest absolute Gasteiger partial charge is 0.387 e. The van der Waals surface area contributed by atoms with Crippen LogP contribution >= 0.6 is 0 Å². The van der Waals surface area contributed by atoms with Crippen LogP contribution < -0.4 is 9.64 Å². The van der Waals surface area contributed by atoms with E-state index in [9.17, 15) is 13.6 Å². The maximum absolute atomic E-state index is 12.2. The number of nitrogens with zero attached hydrogens (tertiary/aromatic N) is 3. The Balaban J connectivity index is 1.78. The molecule has 5 nitrogen and oxygen atoms in total. The second kappa shape index (κ2) is 6.57. The van der Waals surface area contributed by atoms with Gasteiger partial charge in [0.2, 0.25) is 0 Å². The van der Waals surface area contributed by atoms with Crippen LogP contribution in [0.4, 0.5) is 14.5 Å². The predicted octanol–water partition coefficient (Wildman–Crippen LogP) is 3.09. The molecule has 0 N–H and O–H groups in total. The summed E-state index contributed by atoms with van der Waals surface area (Å²) in [5.74, 6) is -0.163. The van der Waals surface area contributed by atoms with Gasteiger partial charge in [-0.05, 0) is 35.9 Å². The van der Waals surface area contributed by atoms with Crippen molar-refractivity contribution >= 4 is 23.5 Å². The number of likely N-dealkylation sites (N-methyl/N-ethyl adjacent to an activating group) is 1. The average molecular weight is 329 g/mol. The molecule has 0 bridgehead atoms. The molecule has 1 heterocycles. The predicted molar refractivity (Wildman–Crippen MR) is 87.1 cm³/mol. The van der Waals surface area contributed by atoms with E-state index in [0.29, 0.717) is 5.56 Å². The standard InChI is InChI=1S/C17H13F2N3O2/c1-22-14-5-3-2-4-13(14)15(16(22)23)21-20-10-11-6-8-12(9-7-11)24-17(18)19/h2-10,17H,1H3/b20-10-,21-15+. The van der Waals surface area contributed by atoms with Gasteiger partial charge in [-0.25, -0.2) is 0 Å². The second-order valence-electron chi connectivity index (χ2n) is 5.02. The van der Waals surface area contributed by atoms with Crippen LogP contribution in [0.1, 0.15) is 11.1 Å². The number of rotatable bonds is 4.